The lowest BCUT2D eigenvalue weighted by Crippen LogP contribution is -2.35. The maximum absolute atomic E-state index is 12.8. The first-order valence-corrected chi connectivity index (χ1v) is 12.5. The molecule has 0 saturated carbocycles. The molecule has 0 spiro atoms. The maximum Gasteiger partial charge on any atom is 0.255 e. The van der Waals surface area contributed by atoms with Crippen LogP contribution < -0.4 is 5.32 Å². The molecule has 1 N–H and O–H groups in total. The minimum Gasteiger partial charge on any atom is -0.378 e. The van der Waals surface area contributed by atoms with Gasteiger partial charge in [-0.2, -0.15) is 0 Å². The van der Waals surface area contributed by atoms with E-state index in [4.69, 9.17) is 4.74 Å². The monoisotopic (exact) mass is 467 g/mol. The molecule has 0 bridgehead atoms. The summed E-state index contributed by atoms with van der Waals surface area (Å²) < 4.78 is 29.1. The topological polar surface area (TPSA) is 88.1 Å². The van der Waals surface area contributed by atoms with Crippen LogP contribution in [0.15, 0.2) is 70.3 Å². The van der Waals surface area contributed by atoms with Gasteiger partial charge in [-0.1, -0.05) is 18.2 Å². The van der Waals surface area contributed by atoms with Crippen LogP contribution in [-0.2, 0) is 14.6 Å². The van der Waals surface area contributed by atoms with Crippen molar-refractivity contribution in [3.8, 4) is 0 Å². The highest BCUT2D eigenvalue weighted by atomic mass is 32.2. The van der Waals surface area contributed by atoms with Gasteiger partial charge in [0.15, 0.2) is 9.84 Å². The van der Waals surface area contributed by atoms with Crippen LogP contribution in [0.3, 0.4) is 0 Å². The van der Waals surface area contributed by atoms with E-state index in [9.17, 15) is 13.2 Å². The van der Waals surface area contributed by atoms with E-state index in [1.165, 1.54) is 12.1 Å². The Morgan fingerprint density at radius 2 is 1.91 bits per heavy atom. The lowest BCUT2D eigenvalue weighted by molar-refractivity contribution is 0.0533. The number of anilines is 1. The number of hydrogen-bond donors (Lipinski definition) is 1. The second kappa shape index (κ2) is 10.6. The Morgan fingerprint density at radius 3 is 2.55 bits per heavy atom. The molecule has 2 aromatic rings. The largest absolute Gasteiger partial charge is 0.378 e. The number of morpholine rings is 1. The van der Waals surface area contributed by atoms with Crippen molar-refractivity contribution >= 4 is 33.7 Å². The lowest BCUT2D eigenvalue weighted by Gasteiger charge is -2.29. The number of aliphatic imine (C=N–C) groups is 1. The number of nitrogens with zero attached hydrogens (tertiary/aromatic N) is 2. The van der Waals surface area contributed by atoms with Gasteiger partial charge in [-0.3, -0.25) is 4.79 Å². The van der Waals surface area contributed by atoms with Gasteiger partial charge in [-0.05, 0) is 73.7 Å². The summed E-state index contributed by atoms with van der Waals surface area (Å²) in [5.74, 6) is 0.396. The first kappa shape index (κ1) is 24.4. The molecule has 0 aliphatic carbocycles. The van der Waals surface area contributed by atoms with Gasteiger partial charge >= 0.3 is 0 Å². The third-order valence-electron chi connectivity index (χ3n) is 5.42. The molecule has 0 unspecified atom stereocenters. The minimum absolute atomic E-state index is 0.105. The molecule has 0 aromatic heterocycles. The molecule has 8 heteroatoms. The molecule has 0 radical (unpaired) electrons. The van der Waals surface area contributed by atoms with Crippen molar-refractivity contribution in [3.63, 3.8) is 0 Å². The van der Waals surface area contributed by atoms with Gasteiger partial charge < -0.3 is 15.0 Å². The van der Waals surface area contributed by atoms with Crippen molar-refractivity contribution in [1.29, 1.82) is 0 Å². The summed E-state index contributed by atoms with van der Waals surface area (Å²) in [7, 11) is -3.40. The number of benzene rings is 2. The summed E-state index contributed by atoms with van der Waals surface area (Å²) in [5, 5.41) is 2.87. The van der Waals surface area contributed by atoms with Crippen LogP contribution in [0.4, 0.5) is 5.69 Å². The van der Waals surface area contributed by atoms with Crippen LogP contribution in [0.1, 0.15) is 28.4 Å². The second-order valence-electron chi connectivity index (χ2n) is 7.79. The molecule has 7 nitrogen and oxygen atoms in total. The normalized spacial score (nSPS) is 15.3. The Kier molecular flexibility index (Phi) is 7.84. The Labute approximate surface area is 195 Å². The van der Waals surface area contributed by atoms with Crippen molar-refractivity contribution in [3.05, 3.63) is 77.1 Å². The van der Waals surface area contributed by atoms with Gasteiger partial charge in [0, 0.05) is 30.6 Å². The number of allylic oxidation sites excluding steroid dienone is 3. The highest BCUT2D eigenvalue weighted by molar-refractivity contribution is 7.90. The van der Waals surface area contributed by atoms with Crippen LogP contribution >= 0.6 is 0 Å². The van der Waals surface area contributed by atoms with Gasteiger partial charge in [-0.15, -0.1) is 0 Å². The molecular weight excluding hydrogens is 438 g/mol. The van der Waals surface area contributed by atoms with E-state index in [0.717, 1.165) is 41.9 Å². The van der Waals surface area contributed by atoms with E-state index in [-0.39, 0.29) is 16.4 Å². The van der Waals surface area contributed by atoms with Gasteiger partial charge in [0.2, 0.25) is 0 Å². The third kappa shape index (κ3) is 6.18. The molecule has 0 atom stereocenters. The standard InChI is InChI=1S/C25H29N3O4S/c1-5-19(16-24(26-3)28-11-13-32-14-12-28)23-17-21(10-9-18(23)2)27-25(29)20-7-6-8-22(15-20)33(4,30)31/h5-10,15-17H,3,11-14H2,1-2,4H3,(H,27,29)/b19-5+,24-16+. The van der Waals surface area contributed by atoms with Gasteiger partial charge in [0.1, 0.15) is 5.82 Å². The van der Waals surface area contributed by atoms with Gasteiger partial charge in [0.05, 0.1) is 18.1 Å². The average molecular weight is 468 g/mol. The van der Waals surface area contributed by atoms with E-state index in [1.807, 2.05) is 44.2 Å². The molecule has 1 fully saturated rings. The molecule has 2 aromatic carbocycles. The van der Waals surface area contributed by atoms with E-state index >= 15 is 0 Å². The molecular formula is C25H29N3O4S. The first-order chi connectivity index (χ1) is 15.7. The lowest BCUT2D eigenvalue weighted by atomic mass is 9.99. The SMILES string of the molecule is C=N/C(=C\C(=C/C)c1cc(NC(=O)c2cccc(S(C)(=O)=O)c2)ccc1C)N1CCOCC1. The van der Waals surface area contributed by atoms with Gasteiger partial charge in [0.25, 0.3) is 5.91 Å². The summed E-state index contributed by atoms with van der Waals surface area (Å²) in [6.07, 6.45) is 5.10. The van der Waals surface area contributed by atoms with E-state index in [2.05, 4.69) is 21.9 Å². The Balaban J connectivity index is 1.87. The maximum atomic E-state index is 12.8. The number of ether oxygens (including phenoxy) is 1. The van der Waals surface area contributed by atoms with E-state index in [1.54, 1.807) is 12.1 Å². The molecule has 33 heavy (non-hydrogen) atoms. The number of aryl methyl sites for hydroxylation is 1. The van der Waals surface area contributed by atoms with Crippen LogP contribution in [0.25, 0.3) is 5.57 Å². The zero-order valence-electron chi connectivity index (χ0n) is 19.2. The fourth-order valence-electron chi connectivity index (χ4n) is 3.57. The fraction of sp³-hybridized carbons (Fsp3) is 0.280. The van der Waals surface area contributed by atoms with Crippen molar-refractivity contribution in [2.45, 2.75) is 18.7 Å². The Bertz CT molecular complexity index is 1210. The number of rotatable bonds is 7. The molecule has 1 saturated heterocycles. The smallest absolute Gasteiger partial charge is 0.255 e. The van der Waals surface area contributed by atoms with Crippen LogP contribution in [0, 0.1) is 6.92 Å². The molecule has 1 amide bonds. The average Bonchev–Trinajstić information content (AvgIpc) is 2.81. The molecule has 1 aliphatic heterocycles. The van der Waals surface area contributed by atoms with Crippen molar-refractivity contribution in [1.82, 2.24) is 4.90 Å². The first-order valence-electron chi connectivity index (χ1n) is 10.6. The number of amides is 1. The van der Waals surface area contributed by atoms with E-state index in [0.29, 0.717) is 18.9 Å². The zero-order chi connectivity index (χ0) is 24.0. The Hall–Kier alpha value is -3.23. The molecule has 1 aliphatic rings. The number of sulfone groups is 1. The predicted molar refractivity (Wildman–Crippen MR) is 132 cm³/mol. The summed E-state index contributed by atoms with van der Waals surface area (Å²) in [5.41, 5.74) is 3.84. The third-order valence-corrected chi connectivity index (χ3v) is 6.53. The number of hydrogen-bond acceptors (Lipinski definition) is 6. The molecule has 3 rings (SSSR count). The highest BCUT2D eigenvalue weighted by Gasteiger charge is 2.15. The summed E-state index contributed by atoms with van der Waals surface area (Å²) in [6, 6.07) is 11.7. The number of carbonyl (C=O) groups is 1. The van der Waals surface area contributed by atoms with Crippen molar-refractivity contribution < 1.29 is 17.9 Å². The van der Waals surface area contributed by atoms with Crippen molar-refractivity contribution in [2.24, 2.45) is 4.99 Å². The Morgan fingerprint density at radius 1 is 1.18 bits per heavy atom. The quantitative estimate of drug-likeness (QED) is 0.492. The molecule has 1 heterocycles. The summed E-state index contributed by atoms with van der Waals surface area (Å²) in [6.45, 7) is 10.5. The fourth-order valence-corrected chi connectivity index (χ4v) is 4.23. The van der Waals surface area contributed by atoms with Crippen LogP contribution in [0.2, 0.25) is 0 Å². The zero-order valence-corrected chi connectivity index (χ0v) is 20.0. The highest BCUT2D eigenvalue weighted by Crippen LogP contribution is 2.26. The number of carbonyl (C=O) groups excluding carboxylic acids is 1. The predicted octanol–water partition coefficient (Wildman–Crippen LogP) is 3.93. The minimum atomic E-state index is -3.40. The number of nitrogens with one attached hydrogen (secondary N) is 1. The van der Waals surface area contributed by atoms with Crippen LogP contribution in [0.5, 0.6) is 0 Å². The van der Waals surface area contributed by atoms with Gasteiger partial charge in [-0.25, -0.2) is 13.4 Å². The second-order valence-corrected chi connectivity index (χ2v) is 9.80. The summed E-state index contributed by atoms with van der Waals surface area (Å²) >= 11 is 0. The van der Waals surface area contributed by atoms with E-state index < -0.39 is 9.84 Å². The molecule has 174 valence electrons. The van der Waals surface area contributed by atoms with Crippen LogP contribution in [-0.4, -0.2) is 58.5 Å². The van der Waals surface area contributed by atoms with Crippen molar-refractivity contribution in [2.75, 3.05) is 37.9 Å². The summed E-state index contributed by atoms with van der Waals surface area (Å²) in [4.78, 5) is 19.2.